The van der Waals surface area contributed by atoms with E-state index in [0.29, 0.717) is 13.0 Å². The smallest absolute Gasteiger partial charge is 0.226 e. The normalized spacial score (nSPS) is 14.6. The maximum Gasteiger partial charge on any atom is 0.226 e. The zero-order valence-corrected chi connectivity index (χ0v) is 16.6. The van der Waals surface area contributed by atoms with Crippen molar-refractivity contribution in [2.24, 2.45) is 0 Å². The quantitative estimate of drug-likeness (QED) is 0.701. The van der Waals surface area contributed by atoms with Crippen LogP contribution in [0, 0.1) is 0 Å². The topological polar surface area (TPSA) is 51.2 Å². The van der Waals surface area contributed by atoms with Gasteiger partial charge >= 0.3 is 0 Å². The average molecular weight is 384 g/mol. The highest BCUT2D eigenvalue weighted by Crippen LogP contribution is 2.28. The summed E-state index contributed by atoms with van der Waals surface area (Å²) in [6.07, 6.45) is 0.407. The van der Waals surface area contributed by atoms with Gasteiger partial charge in [-0.25, -0.2) is 0 Å². The molecular weight excluding hydrogens is 356 g/mol. The Morgan fingerprint density at radius 1 is 0.929 bits per heavy atom. The minimum absolute atomic E-state index is 0.154. The zero-order chi connectivity index (χ0) is 19.8. The molecular formula is C22H28N2O4. The number of methoxy groups -OCH3 is 2. The van der Waals surface area contributed by atoms with Crippen LogP contribution in [0.4, 0.5) is 0 Å². The van der Waals surface area contributed by atoms with Crippen LogP contribution >= 0.6 is 0 Å². The Balaban J connectivity index is 1.42. The van der Waals surface area contributed by atoms with Gasteiger partial charge in [0.05, 0.1) is 27.2 Å². The van der Waals surface area contributed by atoms with Gasteiger partial charge in [-0.05, 0) is 29.8 Å². The highest BCUT2D eigenvalue weighted by Gasteiger charge is 2.21. The number of piperazine rings is 1. The molecule has 0 aliphatic carbocycles. The van der Waals surface area contributed by atoms with Crippen molar-refractivity contribution in [2.45, 2.75) is 13.0 Å². The number of rotatable bonds is 8. The Bertz CT molecular complexity index is 758. The highest BCUT2D eigenvalue weighted by atomic mass is 16.5. The molecule has 1 saturated heterocycles. The summed E-state index contributed by atoms with van der Waals surface area (Å²) in [6, 6.07) is 15.6. The third-order valence-corrected chi connectivity index (χ3v) is 4.91. The van der Waals surface area contributed by atoms with Gasteiger partial charge in [0, 0.05) is 32.7 Å². The Morgan fingerprint density at radius 2 is 1.64 bits per heavy atom. The molecule has 6 heteroatoms. The second kappa shape index (κ2) is 9.99. The van der Waals surface area contributed by atoms with Crippen LogP contribution in [0.3, 0.4) is 0 Å². The van der Waals surface area contributed by atoms with Crippen molar-refractivity contribution in [1.82, 2.24) is 9.80 Å². The molecule has 0 atom stereocenters. The summed E-state index contributed by atoms with van der Waals surface area (Å²) in [6.45, 7) is 4.46. The molecule has 150 valence electrons. The Hall–Kier alpha value is -2.73. The van der Waals surface area contributed by atoms with Crippen molar-refractivity contribution in [2.75, 3.05) is 47.0 Å². The van der Waals surface area contributed by atoms with Crippen LogP contribution in [0.15, 0.2) is 48.5 Å². The molecule has 0 saturated carbocycles. The van der Waals surface area contributed by atoms with Crippen molar-refractivity contribution >= 4 is 5.91 Å². The average Bonchev–Trinajstić information content (AvgIpc) is 2.75. The van der Waals surface area contributed by atoms with Gasteiger partial charge in [-0.1, -0.05) is 24.3 Å². The molecule has 2 aromatic carbocycles. The first-order valence-corrected chi connectivity index (χ1v) is 9.58. The van der Waals surface area contributed by atoms with E-state index in [4.69, 9.17) is 14.2 Å². The maximum absolute atomic E-state index is 12.4. The fourth-order valence-corrected chi connectivity index (χ4v) is 3.32. The van der Waals surface area contributed by atoms with Gasteiger partial charge < -0.3 is 19.1 Å². The monoisotopic (exact) mass is 384 g/mol. The van der Waals surface area contributed by atoms with E-state index < -0.39 is 0 Å². The largest absolute Gasteiger partial charge is 0.493 e. The summed E-state index contributed by atoms with van der Waals surface area (Å²) in [4.78, 5) is 16.7. The predicted octanol–water partition coefficient (Wildman–Crippen LogP) is 2.82. The van der Waals surface area contributed by atoms with E-state index in [1.807, 2.05) is 47.4 Å². The van der Waals surface area contributed by atoms with Crippen molar-refractivity contribution in [3.05, 3.63) is 54.1 Å². The van der Waals surface area contributed by atoms with Gasteiger partial charge in [-0.15, -0.1) is 0 Å². The van der Waals surface area contributed by atoms with E-state index in [2.05, 4.69) is 11.0 Å². The Labute approximate surface area is 166 Å². The van der Waals surface area contributed by atoms with Crippen LogP contribution in [0.1, 0.15) is 12.0 Å². The summed E-state index contributed by atoms with van der Waals surface area (Å²) in [7, 11) is 3.28. The van der Waals surface area contributed by atoms with Crippen molar-refractivity contribution in [3.8, 4) is 17.2 Å². The number of hydrogen-bond donors (Lipinski definition) is 0. The Morgan fingerprint density at radius 3 is 2.32 bits per heavy atom. The van der Waals surface area contributed by atoms with Crippen LogP contribution < -0.4 is 14.2 Å². The van der Waals surface area contributed by atoms with Gasteiger partial charge in [0.1, 0.15) is 5.75 Å². The first kappa shape index (κ1) is 20.0. The summed E-state index contributed by atoms with van der Waals surface area (Å²) in [5.74, 6) is 2.43. The number of para-hydroxylation sites is 1. The predicted molar refractivity (Wildman–Crippen MR) is 108 cm³/mol. The van der Waals surface area contributed by atoms with Crippen molar-refractivity contribution in [3.63, 3.8) is 0 Å². The van der Waals surface area contributed by atoms with E-state index >= 15 is 0 Å². The lowest BCUT2D eigenvalue weighted by Crippen LogP contribution is -2.48. The van der Waals surface area contributed by atoms with Crippen molar-refractivity contribution in [1.29, 1.82) is 0 Å². The summed E-state index contributed by atoms with van der Waals surface area (Å²) in [5.41, 5.74) is 1.17. The molecule has 1 aliphatic rings. The molecule has 28 heavy (non-hydrogen) atoms. The van der Waals surface area contributed by atoms with Gasteiger partial charge in [0.2, 0.25) is 5.91 Å². The summed E-state index contributed by atoms with van der Waals surface area (Å²) < 4.78 is 16.3. The number of ether oxygens (including phenoxy) is 3. The van der Waals surface area contributed by atoms with E-state index in [0.717, 1.165) is 50.0 Å². The second-order valence-corrected chi connectivity index (χ2v) is 6.76. The number of hydrogen-bond acceptors (Lipinski definition) is 5. The zero-order valence-electron chi connectivity index (χ0n) is 16.6. The fraction of sp³-hybridized carbons (Fsp3) is 0.409. The molecule has 1 heterocycles. The van der Waals surface area contributed by atoms with Crippen LogP contribution in [-0.4, -0.2) is 62.7 Å². The van der Waals surface area contributed by atoms with E-state index in [1.165, 1.54) is 5.56 Å². The Kier molecular flexibility index (Phi) is 7.14. The molecule has 0 spiro atoms. The van der Waals surface area contributed by atoms with E-state index in [9.17, 15) is 4.79 Å². The molecule has 0 aromatic heterocycles. The number of benzene rings is 2. The maximum atomic E-state index is 12.4. The lowest BCUT2D eigenvalue weighted by molar-refractivity contribution is -0.133. The first-order chi connectivity index (χ1) is 13.7. The number of nitrogens with zero attached hydrogens (tertiary/aromatic N) is 2. The molecule has 3 rings (SSSR count). The minimum atomic E-state index is 0.154. The third kappa shape index (κ3) is 5.39. The van der Waals surface area contributed by atoms with Crippen LogP contribution in [0.2, 0.25) is 0 Å². The number of amides is 1. The molecule has 0 bridgehead atoms. The van der Waals surface area contributed by atoms with Gasteiger partial charge in [0.25, 0.3) is 0 Å². The molecule has 0 N–H and O–H groups in total. The lowest BCUT2D eigenvalue weighted by Gasteiger charge is -2.34. The lowest BCUT2D eigenvalue weighted by atomic mass is 10.1. The molecule has 1 aliphatic heterocycles. The number of carbonyl (C=O) groups is 1. The molecule has 0 radical (unpaired) electrons. The SMILES string of the molecule is COc1ccc(CN2CCN(C(=O)CCOc3ccccc3)CC2)cc1OC. The second-order valence-electron chi connectivity index (χ2n) is 6.76. The van der Waals surface area contributed by atoms with Gasteiger partial charge in [0.15, 0.2) is 11.5 Å². The van der Waals surface area contributed by atoms with Crippen molar-refractivity contribution < 1.29 is 19.0 Å². The molecule has 0 unspecified atom stereocenters. The highest BCUT2D eigenvalue weighted by molar-refractivity contribution is 5.76. The minimum Gasteiger partial charge on any atom is -0.493 e. The van der Waals surface area contributed by atoms with Crippen LogP contribution in [0.25, 0.3) is 0 Å². The summed E-state index contributed by atoms with van der Waals surface area (Å²) >= 11 is 0. The van der Waals surface area contributed by atoms with Crippen LogP contribution in [0.5, 0.6) is 17.2 Å². The molecule has 2 aromatic rings. The fourth-order valence-electron chi connectivity index (χ4n) is 3.32. The number of carbonyl (C=O) groups excluding carboxylic acids is 1. The summed E-state index contributed by atoms with van der Waals surface area (Å²) in [5, 5.41) is 0. The van der Waals surface area contributed by atoms with Crippen LogP contribution in [-0.2, 0) is 11.3 Å². The molecule has 1 fully saturated rings. The third-order valence-electron chi connectivity index (χ3n) is 4.91. The molecule has 6 nitrogen and oxygen atoms in total. The van der Waals surface area contributed by atoms with Gasteiger partial charge in [-0.3, -0.25) is 9.69 Å². The van der Waals surface area contributed by atoms with Gasteiger partial charge in [-0.2, -0.15) is 0 Å². The first-order valence-electron chi connectivity index (χ1n) is 9.58. The standard InChI is InChI=1S/C22H28N2O4/c1-26-20-9-8-18(16-21(20)27-2)17-23-11-13-24(14-12-23)22(25)10-15-28-19-6-4-3-5-7-19/h3-9,16H,10-15,17H2,1-2H3. The van der Waals surface area contributed by atoms with E-state index in [1.54, 1.807) is 14.2 Å². The van der Waals surface area contributed by atoms with E-state index in [-0.39, 0.29) is 5.91 Å². The molecule has 1 amide bonds.